The molecule has 0 saturated carbocycles. The van der Waals surface area contributed by atoms with E-state index in [1.54, 1.807) is 0 Å². The Kier molecular flexibility index (Phi) is 4.46. The van der Waals surface area contributed by atoms with Crippen LogP contribution in [0, 0.1) is 5.82 Å². The maximum Gasteiger partial charge on any atom is 0.397 e. The van der Waals surface area contributed by atoms with Crippen LogP contribution in [-0.4, -0.2) is 43.2 Å². The predicted octanol–water partition coefficient (Wildman–Crippen LogP) is 2.86. The van der Waals surface area contributed by atoms with Gasteiger partial charge in [-0.3, -0.25) is 9.59 Å². The number of methoxy groups -OCH3 is 1. The summed E-state index contributed by atoms with van der Waals surface area (Å²) in [6, 6.07) is 2.26. The monoisotopic (exact) mass is 383 g/mol. The quantitative estimate of drug-likeness (QED) is 0.582. The molecule has 0 fully saturated rings. The van der Waals surface area contributed by atoms with Gasteiger partial charge in [-0.25, -0.2) is 4.39 Å². The van der Waals surface area contributed by atoms with Gasteiger partial charge in [0, 0.05) is 17.7 Å². The van der Waals surface area contributed by atoms with Crippen LogP contribution in [0.25, 0.3) is 0 Å². The zero-order chi connectivity index (χ0) is 16.7. The molecule has 1 atom stereocenters. The highest BCUT2D eigenvalue weighted by Gasteiger charge is 2.49. The maximum atomic E-state index is 14.1. The van der Waals surface area contributed by atoms with E-state index in [1.807, 2.05) is 0 Å². The lowest BCUT2D eigenvalue weighted by molar-refractivity contribution is -0.157. The van der Waals surface area contributed by atoms with E-state index < -0.39 is 54.0 Å². The molecule has 0 spiro atoms. The van der Waals surface area contributed by atoms with E-state index >= 15 is 0 Å². The highest BCUT2D eigenvalue weighted by molar-refractivity contribution is 9.10. The first-order chi connectivity index (χ1) is 10.2. The van der Waals surface area contributed by atoms with Crippen LogP contribution in [0.3, 0.4) is 0 Å². The summed E-state index contributed by atoms with van der Waals surface area (Å²) in [6.07, 6.45) is -4.76. The summed E-state index contributed by atoms with van der Waals surface area (Å²) in [4.78, 5) is 24.1. The number of carbonyl (C=O) groups excluding carboxylic acids is 2. The zero-order valence-electron chi connectivity index (χ0n) is 11.2. The summed E-state index contributed by atoms with van der Waals surface area (Å²) in [5.74, 6) is -5.02. The van der Waals surface area contributed by atoms with Crippen LogP contribution in [0.1, 0.15) is 21.8 Å². The Bertz CT molecular complexity index is 632. The Morgan fingerprint density at radius 1 is 1.45 bits per heavy atom. The van der Waals surface area contributed by atoms with Gasteiger partial charge in [0.1, 0.15) is 18.3 Å². The van der Waals surface area contributed by atoms with Crippen LogP contribution in [0.5, 0.6) is 0 Å². The molecule has 1 amide bonds. The molecule has 1 unspecified atom stereocenters. The number of benzene rings is 1. The number of hydrogen-bond acceptors (Lipinski definition) is 3. The smallest absolute Gasteiger partial charge is 0.397 e. The van der Waals surface area contributed by atoms with Gasteiger partial charge in [0.25, 0.3) is 5.91 Å². The van der Waals surface area contributed by atoms with Crippen LogP contribution in [0.4, 0.5) is 17.6 Å². The van der Waals surface area contributed by atoms with E-state index in [2.05, 4.69) is 20.7 Å². The summed E-state index contributed by atoms with van der Waals surface area (Å²) >= 11 is 2.81. The van der Waals surface area contributed by atoms with Crippen molar-refractivity contribution < 1.29 is 31.9 Å². The number of ether oxygens (including phenoxy) is 1. The number of halogens is 5. The second-order valence-electron chi connectivity index (χ2n) is 4.68. The maximum absolute atomic E-state index is 14.1. The molecular weight excluding hydrogens is 374 g/mol. The Labute approximate surface area is 131 Å². The number of fused-ring (bicyclic) bond motifs is 1. The number of alkyl halides is 3. The summed E-state index contributed by atoms with van der Waals surface area (Å²) in [5.41, 5.74) is -1.11. The third-order valence-electron chi connectivity index (χ3n) is 3.34. The Morgan fingerprint density at radius 3 is 2.64 bits per heavy atom. The van der Waals surface area contributed by atoms with Crippen molar-refractivity contribution in [2.24, 2.45) is 0 Å². The molecule has 120 valence electrons. The number of nitrogens with zero attached hydrogens (tertiary/aromatic N) is 1. The number of hydrogen-bond donors (Lipinski definition) is 0. The van der Waals surface area contributed by atoms with Gasteiger partial charge in [-0.05, 0) is 28.1 Å². The van der Waals surface area contributed by atoms with Crippen molar-refractivity contribution in [2.45, 2.75) is 12.1 Å². The van der Waals surface area contributed by atoms with Gasteiger partial charge in [0.15, 0.2) is 0 Å². The highest BCUT2D eigenvalue weighted by atomic mass is 79.9. The summed E-state index contributed by atoms with van der Waals surface area (Å²) in [5, 5.41) is 0. The molecule has 0 aromatic heterocycles. The molecule has 1 aliphatic heterocycles. The summed E-state index contributed by atoms with van der Waals surface area (Å²) < 4.78 is 57.9. The Morgan fingerprint density at radius 2 is 2.09 bits per heavy atom. The van der Waals surface area contributed by atoms with Gasteiger partial charge in [-0.15, -0.1) is 0 Å². The van der Waals surface area contributed by atoms with Gasteiger partial charge in [0.2, 0.25) is 0 Å². The average Bonchev–Trinajstić information content (AvgIpc) is 2.44. The molecule has 1 heterocycles. The predicted molar refractivity (Wildman–Crippen MR) is 70.8 cm³/mol. The van der Waals surface area contributed by atoms with E-state index in [0.717, 1.165) is 19.2 Å². The van der Waals surface area contributed by atoms with E-state index in [4.69, 9.17) is 0 Å². The van der Waals surface area contributed by atoms with E-state index in [1.165, 1.54) is 0 Å². The first-order valence-electron chi connectivity index (χ1n) is 6.07. The number of rotatable bonds is 2. The van der Waals surface area contributed by atoms with E-state index in [0.29, 0.717) is 4.90 Å². The van der Waals surface area contributed by atoms with Crippen molar-refractivity contribution in [1.82, 2.24) is 4.90 Å². The second-order valence-corrected chi connectivity index (χ2v) is 5.53. The van der Waals surface area contributed by atoms with Crippen LogP contribution >= 0.6 is 15.9 Å². The fraction of sp³-hybridized carbons (Fsp3) is 0.385. The minimum absolute atomic E-state index is 0.158. The van der Waals surface area contributed by atoms with Crippen LogP contribution < -0.4 is 0 Å². The van der Waals surface area contributed by atoms with E-state index in [-0.39, 0.29) is 4.47 Å². The summed E-state index contributed by atoms with van der Waals surface area (Å²) in [6.45, 7) is -1.46. The lowest BCUT2D eigenvalue weighted by atomic mass is 9.88. The largest absolute Gasteiger partial charge is 0.468 e. The third-order valence-corrected chi connectivity index (χ3v) is 3.96. The van der Waals surface area contributed by atoms with Crippen LogP contribution in [-0.2, 0) is 9.53 Å². The van der Waals surface area contributed by atoms with Gasteiger partial charge in [0.05, 0.1) is 11.6 Å². The number of amides is 1. The Hall–Kier alpha value is -1.64. The first kappa shape index (κ1) is 16.7. The molecule has 4 nitrogen and oxygen atoms in total. The van der Waals surface area contributed by atoms with Crippen LogP contribution in [0.2, 0.25) is 0 Å². The van der Waals surface area contributed by atoms with Gasteiger partial charge >= 0.3 is 12.1 Å². The molecule has 1 aliphatic rings. The highest BCUT2D eigenvalue weighted by Crippen LogP contribution is 2.42. The molecule has 1 aromatic rings. The van der Waals surface area contributed by atoms with Crippen molar-refractivity contribution in [3.8, 4) is 0 Å². The van der Waals surface area contributed by atoms with E-state index in [9.17, 15) is 27.2 Å². The summed E-state index contributed by atoms with van der Waals surface area (Å²) in [7, 11) is 1.06. The first-order valence-corrected chi connectivity index (χ1v) is 6.86. The molecule has 0 aliphatic carbocycles. The minimum atomic E-state index is -4.76. The third kappa shape index (κ3) is 2.94. The van der Waals surface area contributed by atoms with Crippen LogP contribution in [0.15, 0.2) is 16.6 Å². The molecule has 0 N–H and O–H groups in total. The van der Waals surface area contributed by atoms with Crippen molar-refractivity contribution in [1.29, 1.82) is 0 Å². The topological polar surface area (TPSA) is 46.6 Å². The zero-order valence-corrected chi connectivity index (χ0v) is 12.8. The SMILES string of the molecule is COC(=O)CN1CC(C(F)(F)F)c2c(ccc(Br)c2F)C1=O. The fourth-order valence-electron chi connectivity index (χ4n) is 2.28. The molecule has 9 heteroatoms. The lowest BCUT2D eigenvalue weighted by Crippen LogP contribution is -2.47. The average molecular weight is 384 g/mol. The normalized spacial score (nSPS) is 18.2. The van der Waals surface area contributed by atoms with Gasteiger partial charge in [-0.1, -0.05) is 0 Å². The molecule has 2 rings (SSSR count). The van der Waals surface area contributed by atoms with Gasteiger partial charge < -0.3 is 9.64 Å². The molecular formula is C13H10BrF4NO3. The second kappa shape index (κ2) is 5.86. The molecule has 0 bridgehead atoms. The van der Waals surface area contributed by atoms with Gasteiger partial charge in [-0.2, -0.15) is 13.2 Å². The minimum Gasteiger partial charge on any atom is -0.468 e. The molecule has 0 radical (unpaired) electrons. The van der Waals surface area contributed by atoms with Crippen molar-refractivity contribution >= 4 is 27.8 Å². The lowest BCUT2D eigenvalue weighted by Gasteiger charge is -2.34. The van der Waals surface area contributed by atoms with Crippen molar-refractivity contribution in [3.05, 3.63) is 33.5 Å². The number of esters is 1. The van der Waals surface area contributed by atoms with Crippen molar-refractivity contribution in [3.63, 3.8) is 0 Å². The van der Waals surface area contributed by atoms with Crippen molar-refractivity contribution in [2.75, 3.05) is 20.2 Å². The number of carbonyl (C=O) groups is 2. The molecule has 1 aromatic carbocycles. The standard InChI is InChI=1S/C13H10BrF4NO3/c1-22-9(20)5-19-4-7(13(16,17)18)10-6(12(19)21)2-3-8(14)11(10)15/h2-3,7H,4-5H2,1H3. The fourth-order valence-corrected chi connectivity index (χ4v) is 2.63. The molecule has 0 saturated heterocycles. The molecule has 22 heavy (non-hydrogen) atoms. The Balaban J connectivity index is 2.54.